The molecular weight excluding hydrogens is 300 g/mol. The highest BCUT2D eigenvalue weighted by molar-refractivity contribution is 5.74. The second kappa shape index (κ2) is 6.79. The van der Waals surface area contributed by atoms with Crippen molar-refractivity contribution in [2.24, 2.45) is 5.92 Å². The zero-order chi connectivity index (χ0) is 16.4. The number of carboxylic acids is 1. The van der Waals surface area contributed by atoms with E-state index in [2.05, 4.69) is 0 Å². The Hall–Kier alpha value is -1.75. The maximum atomic E-state index is 13.6. The van der Waals surface area contributed by atoms with E-state index in [0.29, 0.717) is 30.5 Å². The van der Waals surface area contributed by atoms with E-state index in [-0.39, 0.29) is 0 Å². The van der Waals surface area contributed by atoms with E-state index < -0.39 is 23.6 Å². The molecule has 3 nitrogen and oxygen atoms in total. The fraction of sp³-hybridized carbons (Fsp3) is 0.500. The van der Waals surface area contributed by atoms with E-state index in [1.54, 1.807) is 12.2 Å². The summed E-state index contributed by atoms with van der Waals surface area (Å²) in [5.74, 6) is -1.52. The number of hydrogen-bond acceptors (Lipinski definition) is 2. The Morgan fingerprint density at radius 3 is 2.83 bits per heavy atom. The lowest BCUT2D eigenvalue weighted by molar-refractivity contribution is -0.142. The zero-order valence-corrected chi connectivity index (χ0v) is 12.9. The van der Waals surface area contributed by atoms with E-state index >= 15 is 0 Å². The van der Waals surface area contributed by atoms with E-state index in [1.165, 1.54) is 18.6 Å². The predicted octanol–water partition coefficient (Wildman–Crippen LogP) is 3.70. The van der Waals surface area contributed by atoms with Gasteiger partial charge < -0.3 is 5.11 Å². The first-order valence-corrected chi connectivity index (χ1v) is 8.16. The Bertz CT molecular complexity index is 617. The molecule has 124 valence electrons. The van der Waals surface area contributed by atoms with E-state index in [9.17, 15) is 18.7 Å². The molecule has 0 radical (unpaired) electrons. The van der Waals surface area contributed by atoms with Crippen LogP contribution >= 0.6 is 0 Å². The Morgan fingerprint density at radius 2 is 2.09 bits per heavy atom. The van der Waals surface area contributed by atoms with Crippen molar-refractivity contribution in [2.75, 3.05) is 6.54 Å². The smallest absolute Gasteiger partial charge is 0.320 e. The minimum absolute atomic E-state index is 0.313. The summed E-state index contributed by atoms with van der Waals surface area (Å²) in [5.41, 5.74) is 0.317. The minimum atomic E-state index is -0.777. The molecule has 1 heterocycles. The van der Waals surface area contributed by atoms with Gasteiger partial charge in [0.05, 0.1) is 0 Å². The van der Waals surface area contributed by atoms with E-state index in [1.807, 2.05) is 4.90 Å². The molecule has 1 saturated heterocycles. The third-order valence-electron chi connectivity index (χ3n) is 5.08. The van der Waals surface area contributed by atoms with Crippen LogP contribution in [0.25, 0.3) is 6.08 Å². The first-order chi connectivity index (χ1) is 11.1. The van der Waals surface area contributed by atoms with E-state index in [0.717, 1.165) is 25.3 Å². The van der Waals surface area contributed by atoms with Crippen molar-refractivity contribution in [3.8, 4) is 0 Å². The number of hydrogen-bond donors (Lipinski definition) is 1. The summed E-state index contributed by atoms with van der Waals surface area (Å²) >= 11 is 0. The standard InChI is InChI=1S/C18H21F2NO2/c19-14-8-7-12(15(20)11-14)5-3-9-21-16-6-2-1-4-13(16)10-17(21)18(22)23/h3,5,7-8,11,13,16-17H,1-2,4,6,9-10H2,(H,22,23)/b5-3+. The van der Waals surface area contributed by atoms with Crippen molar-refractivity contribution in [1.82, 2.24) is 4.90 Å². The van der Waals surface area contributed by atoms with Crippen molar-refractivity contribution in [2.45, 2.75) is 44.2 Å². The largest absolute Gasteiger partial charge is 0.480 e. The lowest BCUT2D eigenvalue weighted by Gasteiger charge is -2.32. The number of halogens is 2. The second-order valence-corrected chi connectivity index (χ2v) is 6.47. The van der Waals surface area contributed by atoms with Gasteiger partial charge in [-0.3, -0.25) is 9.69 Å². The first-order valence-electron chi connectivity index (χ1n) is 8.16. The van der Waals surface area contributed by atoms with Crippen LogP contribution in [0.5, 0.6) is 0 Å². The number of rotatable bonds is 4. The molecule has 0 amide bonds. The van der Waals surface area contributed by atoms with Crippen molar-refractivity contribution in [3.63, 3.8) is 0 Å². The van der Waals surface area contributed by atoms with Gasteiger partial charge in [-0.15, -0.1) is 0 Å². The summed E-state index contributed by atoms with van der Waals surface area (Å²) in [4.78, 5) is 13.5. The van der Waals surface area contributed by atoms with Crippen molar-refractivity contribution < 1.29 is 18.7 Å². The SMILES string of the molecule is O=C(O)C1CC2CCCCC2N1C/C=C/c1ccc(F)cc1F. The average molecular weight is 321 g/mol. The fourth-order valence-corrected chi connectivity index (χ4v) is 4.00. The molecule has 0 bridgehead atoms. The molecule has 0 aromatic heterocycles. The molecule has 5 heteroatoms. The van der Waals surface area contributed by atoms with Crippen molar-refractivity contribution in [1.29, 1.82) is 0 Å². The van der Waals surface area contributed by atoms with E-state index in [4.69, 9.17) is 0 Å². The second-order valence-electron chi connectivity index (χ2n) is 6.47. The zero-order valence-electron chi connectivity index (χ0n) is 12.9. The summed E-state index contributed by atoms with van der Waals surface area (Å²) in [6.45, 7) is 0.481. The fourth-order valence-electron chi connectivity index (χ4n) is 4.00. The van der Waals surface area contributed by atoms with Crippen LogP contribution in [0.2, 0.25) is 0 Å². The van der Waals surface area contributed by atoms with Crippen LogP contribution in [0.4, 0.5) is 8.78 Å². The minimum Gasteiger partial charge on any atom is -0.480 e. The highest BCUT2D eigenvalue weighted by atomic mass is 19.1. The van der Waals surface area contributed by atoms with Crippen LogP contribution in [0.1, 0.15) is 37.7 Å². The molecule has 3 rings (SSSR count). The quantitative estimate of drug-likeness (QED) is 0.919. The topological polar surface area (TPSA) is 40.5 Å². The van der Waals surface area contributed by atoms with Gasteiger partial charge in [0, 0.05) is 24.2 Å². The molecule has 0 spiro atoms. The summed E-state index contributed by atoms with van der Waals surface area (Å²) in [6.07, 6.45) is 8.54. The van der Waals surface area contributed by atoms with Crippen molar-refractivity contribution in [3.05, 3.63) is 41.5 Å². The maximum Gasteiger partial charge on any atom is 0.320 e. The van der Waals surface area contributed by atoms with Gasteiger partial charge in [-0.05, 0) is 37.3 Å². The Kier molecular flexibility index (Phi) is 4.76. The van der Waals surface area contributed by atoms with Crippen LogP contribution in [0, 0.1) is 17.6 Å². The van der Waals surface area contributed by atoms with Gasteiger partial charge in [0.15, 0.2) is 0 Å². The highest BCUT2D eigenvalue weighted by Crippen LogP contribution is 2.39. The summed E-state index contributed by atoms with van der Waals surface area (Å²) in [5, 5.41) is 9.45. The van der Waals surface area contributed by atoms with Crippen LogP contribution in [0.3, 0.4) is 0 Å². The Balaban J connectivity index is 1.71. The van der Waals surface area contributed by atoms with Gasteiger partial charge in [0.25, 0.3) is 0 Å². The summed E-state index contributed by atoms with van der Waals surface area (Å²) in [6, 6.07) is 3.32. The molecule has 23 heavy (non-hydrogen) atoms. The molecule has 1 N–H and O–H groups in total. The van der Waals surface area contributed by atoms with Gasteiger partial charge in [-0.1, -0.05) is 25.0 Å². The van der Waals surface area contributed by atoms with Crippen LogP contribution in [-0.2, 0) is 4.79 Å². The van der Waals surface area contributed by atoms with Crippen LogP contribution < -0.4 is 0 Å². The molecule has 2 aliphatic rings. The monoisotopic (exact) mass is 321 g/mol. The molecular formula is C18H21F2NO2. The highest BCUT2D eigenvalue weighted by Gasteiger charge is 2.44. The summed E-state index contributed by atoms with van der Waals surface area (Å²) < 4.78 is 26.5. The Labute approximate surface area is 134 Å². The third-order valence-corrected chi connectivity index (χ3v) is 5.08. The molecule has 2 fully saturated rings. The predicted molar refractivity (Wildman–Crippen MR) is 83.9 cm³/mol. The number of fused-ring (bicyclic) bond motifs is 1. The lowest BCUT2D eigenvalue weighted by atomic mass is 9.85. The summed E-state index contributed by atoms with van der Waals surface area (Å²) in [7, 11) is 0. The molecule has 1 aromatic carbocycles. The van der Waals surface area contributed by atoms with Gasteiger partial charge >= 0.3 is 5.97 Å². The van der Waals surface area contributed by atoms with Crippen LogP contribution in [-0.4, -0.2) is 34.6 Å². The molecule has 1 aliphatic heterocycles. The van der Waals surface area contributed by atoms with Gasteiger partial charge in [0.1, 0.15) is 17.7 Å². The molecule has 3 unspecified atom stereocenters. The molecule has 1 aromatic rings. The number of likely N-dealkylation sites (tertiary alicyclic amines) is 1. The van der Waals surface area contributed by atoms with Gasteiger partial charge in [0.2, 0.25) is 0 Å². The maximum absolute atomic E-state index is 13.6. The molecule has 1 aliphatic carbocycles. The molecule has 3 atom stereocenters. The van der Waals surface area contributed by atoms with Gasteiger partial charge in [-0.2, -0.15) is 0 Å². The number of carbonyl (C=O) groups is 1. The van der Waals surface area contributed by atoms with Crippen molar-refractivity contribution >= 4 is 12.0 Å². The Morgan fingerprint density at radius 1 is 1.30 bits per heavy atom. The lowest BCUT2D eigenvalue weighted by Crippen LogP contribution is -2.42. The third kappa shape index (κ3) is 3.44. The number of nitrogens with zero attached hydrogens (tertiary/aromatic N) is 1. The number of benzene rings is 1. The normalized spacial score (nSPS) is 28.2. The molecule has 1 saturated carbocycles. The number of aliphatic carboxylic acids is 1. The number of carboxylic acid groups (broad SMARTS) is 1. The first kappa shape index (κ1) is 16.1. The average Bonchev–Trinajstić information content (AvgIpc) is 2.89. The van der Waals surface area contributed by atoms with Crippen LogP contribution in [0.15, 0.2) is 24.3 Å². The van der Waals surface area contributed by atoms with Gasteiger partial charge in [-0.25, -0.2) is 8.78 Å².